The van der Waals surface area contributed by atoms with Crippen LogP contribution in [0.5, 0.6) is 0 Å². The molecule has 0 fully saturated rings. The van der Waals surface area contributed by atoms with Gasteiger partial charge in [0.1, 0.15) is 0 Å². The van der Waals surface area contributed by atoms with E-state index in [1.54, 1.807) is 0 Å². The summed E-state index contributed by atoms with van der Waals surface area (Å²) in [6, 6.07) is 0. The topological polar surface area (TPSA) is 37.3 Å². The van der Waals surface area contributed by atoms with Gasteiger partial charge in [-0.2, -0.15) is 0 Å². The fourth-order valence-corrected chi connectivity index (χ4v) is 0. The van der Waals surface area contributed by atoms with Crippen LogP contribution in [0.3, 0.4) is 0 Å². The van der Waals surface area contributed by atoms with Crippen LogP contribution in [0.4, 0.5) is 0 Å². The molecule has 0 unspecified atom stereocenters. The predicted molar refractivity (Wildman–Crippen MR) is 10.9 cm³/mol. The average Bonchev–Trinajstić information content (AvgIpc) is 0.918. The molecule has 2 nitrogen and oxygen atoms in total. The van der Waals surface area contributed by atoms with Gasteiger partial charge in [0.15, 0.2) is 0 Å². The Morgan fingerprint density at radius 1 is 1.80 bits per heavy atom. The molecular weight excluding hydrogens is 73.9 g/mol. The molecular formula is CH4LiNaO2. The summed E-state index contributed by atoms with van der Waals surface area (Å²) in [7, 11) is 0. The summed E-state index contributed by atoms with van der Waals surface area (Å²) >= 11 is 0. The molecule has 0 aliphatic carbocycles. The fraction of sp³-hybridized carbons (Fsp3) is 0. The van der Waals surface area contributed by atoms with Gasteiger partial charge < -0.3 is 7.96 Å². The van der Waals surface area contributed by atoms with Crippen LogP contribution in [0.15, 0.2) is 0 Å². The van der Waals surface area contributed by atoms with E-state index in [4.69, 9.17) is 9.90 Å². The minimum atomic E-state index is -0.250. The van der Waals surface area contributed by atoms with Gasteiger partial charge in [-0.25, -0.2) is 0 Å². The van der Waals surface area contributed by atoms with E-state index in [0.717, 1.165) is 0 Å². The van der Waals surface area contributed by atoms with Gasteiger partial charge in [0, 0.05) is 0 Å². The van der Waals surface area contributed by atoms with Crippen LogP contribution in [0, 0.1) is 0 Å². The van der Waals surface area contributed by atoms with Gasteiger partial charge in [0.2, 0.25) is 0 Å². The summed E-state index contributed by atoms with van der Waals surface area (Å²) in [5.41, 5.74) is 0. The van der Waals surface area contributed by atoms with E-state index in [9.17, 15) is 0 Å². The van der Waals surface area contributed by atoms with Crippen LogP contribution < -0.4 is 48.4 Å². The van der Waals surface area contributed by atoms with E-state index < -0.39 is 0 Å². The summed E-state index contributed by atoms with van der Waals surface area (Å²) in [4.78, 5) is 8.36. The Labute approximate surface area is 67.4 Å². The molecule has 0 atom stereocenters. The van der Waals surface area contributed by atoms with Crippen molar-refractivity contribution in [3.05, 3.63) is 0 Å². The maximum absolute atomic E-state index is 8.36. The van der Waals surface area contributed by atoms with Gasteiger partial charge in [0.05, 0.1) is 0 Å². The standard InChI is InChI=1S/CH2O2.Li.Na.2H/c2-1-3;;;;/h1H,(H,2,3);;;;/q;2*+1;2*-1. The third-order valence-electron chi connectivity index (χ3n) is 0. The van der Waals surface area contributed by atoms with E-state index in [2.05, 4.69) is 0 Å². The quantitative estimate of drug-likeness (QED) is 0.231. The molecule has 0 spiro atoms. The van der Waals surface area contributed by atoms with Crippen molar-refractivity contribution >= 4 is 6.47 Å². The van der Waals surface area contributed by atoms with Gasteiger partial charge in [-0.15, -0.1) is 0 Å². The number of carboxylic acid groups (broad SMARTS) is 1. The number of hydrogen-bond acceptors (Lipinski definition) is 1. The van der Waals surface area contributed by atoms with Crippen LogP contribution in [-0.4, -0.2) is 11.6 Å². The second-order valence-electron chi connectivity index (χ2n) is 0.105. The molecule has 0 saturated heterocycles. The van der Waals surface area contributed by atoms with Crippen molar-refractivity contribution in [3.63, 3.8) is 0 Å². The zero-order valence-corrected chi connectivity index (χ0v) is 5.43. The van der Waals surface area contributed by atoms with Crippen LogP contribution in [0.1, 0.15) is 2.85 Å². The third kappa shape index (κ3) is 41.8. The van der Waals surface area contributed by atoms with E-state index in [-0.39, 0.29) is 57.7 Å². The molecule has 5 heavy (non-hydrogen) atoms. The van der Waals surface area contributed by atoms with Crippen molar-refractivity contribution in [2.75, 3.05) is 0 Å². The molecule has 0 heterocycles. The molecule has 0 aromatic heterocycles. The zero-order chi connectivity index (χ0) is 2.71. The SMILES string of the molecule is O=CO.[H-].[H-].[Li+].[Na+]. The summed E-state index contributed by atoms with van der Waals surface area (Å²) < 4.78 is 0. The van der Waals surface area contributed by atoms with Gasteiger partial charge in [-0.1, -0.05) is 0 Å². The summed E-state index contributed by atoms with van der Waals surface area (Å²) in [6.07, 6.45) is 0. The normalized spacial score (nSPS) is 2.40. The van der Waals surface area contributed by atoms with Gasteiger partial charge in [-0.3, -0.25) is 4.79 Å². The molecule has 1 N–H and O–H groups in total. The van der Waals surface area contributed by atoms with E-state index in [1.165, 1.54) is 0 Å². The first-order valence-corrected chi connectivity index (χ1v) is 0.494. The van der Waals surface area contributed by atoms with Crippen LogP contribution >= 0.6 is 0 Å². The Hall–Kier alpha value is 1.07. The molecule has 0 radical (unpaired) electrons. The average molecular weight is 78.0 g/mol. The second kappa shape index (κ2) is 19.6. The van der Waals surface area contributed by atoms with Crippen LogP contribution in [0.2, 0.25) is 0 Å². The molecule has 4 heteroatoms. The molecule has 0 bridgehead atoms. The van der Waals surface area contributed by atoms with Crippen molar-refractivity contribution in [1.29, 1.82) is 0 Å². The first kappa shape index (κ1) is 16.6. The molecule has 0 aromatic carbocycles. The van der Waals surface area contributed by atoms with E-state index in [0.29, 0.717) is 0 Å². The molecule has 0 rings (SSSR count). The van der Waals surface area contributed by atoms with Gasteiger partial charge in [0.25, 0.3) is 6.47 Å². The largest absolute Gasteiger partial charge is 1.00 e. The first-order valence-electron chi connectivity index (χ1n) is 0.494. The Kier molecular flexibility index (Phi) is 65.0. The molecule has 0 aliphatic rings. The number of hydrogen-bond donors (Lipinski definition) is 1. The van der Waals surface area contributed by atoms with Crippen molar-refractivity contribution in [3.8, 4) is 0 Å². The van der Waals surface area contributed by atoms with Crippen molar-refractivity contribution in [1.82, 2.24) is 0 Å². The van der Waals surface area contributed by atoms with Crippen LogP contribution in [0.25, 0.3) is 0 Å². The monoisotopic (exact) mass is 78.0 g/mol. The zero-order valence-electron chi connectivity index (χ0n) is 5.43. The second-order valence-corrected chi connectivity index (χ2v) is 0.105. The Balaban J connectivity index is -0.00000000333. The Morgan fingerprint density at radius 3 is 1.80 bits per heavy atom. The van der Waals surface area contributed by atoms with E-state index >= 15 is 0 Å². The summed E-state index contributed by atoms with van der Waals surface area (Å²) in [5, 5.41) is 6.89. The molecule has 0 amide bonds. The fourth-order valence-electron chi connectivity index (χ4n) is 0. The van der Waals surface area contributed by atoms with Crippen molar-refractivity contribution in [2.24, 2.45) is 0 Å². The maximum atomic E-state index is 8.36. The maximum Gasteiger partial charge on any atom is 1.00 e. The van der Waals surface area contributed by atoms with Gasteiger partial charge in [-0.05, 0) is 0 Å². The first-order chi connectivity index (χ1) is 1.41. The predicted octanol–water partition coefficient (Wildman–Crippen LogP) is -6.07. The van der Waals surface area contributed by atoms with Crippen molar-refractivity contribution in [2.45, 2.75) is 0 Å². The molecule has 0 aliphatic heterocycles. The van der Waals surface area contributed by atoms with E-state index in [1.807, 2.05) is 0 Å². The molecule has 0 saturated carbocycles. The molecule has 0 aromatic rings. The third-order valence-corrected chi connectivity index (χ3v) is 0. The Morgan fingerprint density at radius 2 is 1.80 bits per heavy atom. The summed E-state index contributed by atoms with van der Waals surface area (Å²) in [6.45, 7) is -0.250. The minimum absolute atomic E-state index is 0. The smallest absolute Gasteiger partial charge is 1.00 e. The number of rotatable bonds is 0. The number of carbonyl (C=O) groups is 1. The minimum Gasteiger partial charge on any atom is -1.00 e. The summed E-state index contributed by atoms with van der Waals surface area (Å²) in [5.74, 6) is 0. The molecule has 22 valence electrons. The van der Waals surface area contributed by atoms with Crippen molar-refractivity contribution < 1.29 is 61.2 Å². The van der Waals surface area contributed by atoms with Gasteiger partial charge >= 0.3 is 48.4 Å². The van der Waals surface area contributed by atoms with Crippen LogP contribution in [-0.2, 0) is 4.79 Å². The Bertz CT molecular complexity index is 23.2.